The van der Waals surface area contributed by atoms with E-state index in [1.165, 1.54) is 11.1 Å². The molecular weight excluding hydrogens is 426 g/mol. The molecule has 1 amide bonds. The topological polar surface area (TPSA) is 65.4 Å². The van der Waals surface area contributed by atoms with Crippen molar-refractivity contribution in [1.82, 2.24) is 14.9 Å². The van der Waals surface area contributed by atoms with Crippen molar-refractivity contribution < 1.29 is 14.3 Å². The van der Waals surface area contributed by atoms with Crippen LogP contribution in [-0.4, -0.2) is 29.2 Å². The van der Waals surface area contributed by atoms with Gasteiger partial charge in [-0.05, 0) is 80.3 Å². The number of methoxy groups -OCH3 is 1. The number of aryl methyl sites for hydroxylation is 3. The minimum atomic E-state index is -0.153. The smallest absolute Gasteiger partial charge is 0.251 e. The fraction of sp³-hybridized carbons (Fsp3) is 0.286. The first-order valence-electron chi connectivity index (χ1n) is 11.6. The molecule has 1 N–H and O–H groups in total. The monoisotopic (exact) mass is 457 g/mol. The molecule has 1 heterocycles. The second kappa shape index (κ2) is 10.9. The van der Waals surface area contributed by atoms with Crippen LogP contribution >= 0.6 is 0 Å². The molecule has 0 spiro atoms. The molecule has 0 radical (unpaired) electrons. The molecule has 4 aromatic rings. The van der Waals surface area contributed by atoms with Crippen molar-refractivity contribution in [3.8, 4) is 11.5 Å². The molecule has 0 aliphatic carbocycles. The van der Waals surface area contributed by atoms with Gasteiger partial charge >= 0.3 is 0 Å². The lowest BCUT2D eigenvalue weighted by molar-refractivity contribution is 0.0949. The highest BCUT2D eigenvalue weighted by molar-refractivity contribution is 5.94. The fourth-order valence-electron chi connectivity index (χ4n) is 4.11. The maximum Gasteiger partial charge on any atom is 0.251 e. The van der Waals surface area contributed by atoms with Gasteiger partial charge in [-0.2, -0.15) is 0 Å². The van der Waals surface area contributed by atoms with Crippen molar-refractivity contribution in [2.45, 2.75) is 39.8 Å². The van der Waals surface area contributed by atoms with Crippen LogP contribution in [0.1, 0.15) is 40.2 Å². The van der Waals surface area contributed by atoms with Gasteiger partial charge in [0, 0.05) is 12.1 Å². The molecule has 0 saturated carbocycles. The number of unbranched alkanes of at least 4 members (excludes halogenated alkanes) is 1. The van der Waals surface area contributed by atoms with Crippen LogP contribution in [0.4, 0.5) is 0 Å². The number of rotatable bonds is 10. The van der Waals surface area contributed by atoms with Gasteiger partial charge in [0.25, 0.3) is 5.91 Å². The molecule has 0 aliphatic rings. The van der Waals surface area contributed by atoms with Crippen LogP contribution in [0.15, 0.2) is 66.7 Å². The number of amides is 1. The van der Waals surface area contributed by atoms with Gasteiger partial charge in [-0.15, -0.1) is 0 Å². The number of carbonyl (C=O) groups excluding carboxylic acids is 1. The molecule has 3 aromatic carbocycles. The maximum atomic E-state index is 12.7. The van der Waals surface area contributed by atoms with Gasteiger partial charge < -0.3 is 19.4 Å². The first-order chi connectivity index (χ1) is 16.5. The number of ether oxygens (including phenoxy) is 2. The zero-order valence-corrected chi connectivity index (χ0v) is 20.0. The Kier molecular flexibility index (Phi) is 7.48. The van der Waals surface area contributed by atoms with Crippen molar-refractivity contribution >= 4 is 16.9 Å². The second-order valence-corrected chi connectivity index (χ2v) is 8.46. The number of benzene rings is 3. The lowest BCUT2D eigenvalue weighted by atomic mass is 10.1. The van der Waals surface area contributed by atoms with Crippen LogP contribution in [0.25, 0.3) is 11.0 Å². The lowest BCUT2D eigenvalue weighted by Gasteiger charge is -2.12. The van der Waals surface area contributed by atoms with Gasteiger partial charge in [0.05, 0.1) is 31.3 Å². The second-order valence-electron chi connectivity index (χ2n) is 8.46. The predicted octanol–water partition coefficient (Wildman–Crippen LogP) is 5.45. The first-order valence-corrected chi connectivity index (χ1v) is 11.6. The Morgan fingerprint density at radius 2 is 1.74 bits per heavy atom. The largest absolute Gasteiger partial charge is 0.497 e. The SMILES string of the molecule is COc1cccc(C(=O)NCc2nc3ccccc3n2CCCCOc2cc(C)cc(C)c2)c1. The van der Waals surface area contributed by atoms with Crippen LogP contribution in [0.3, 0.4) is 0 Å². The van der Waals surface area contributed by atoms with E-state index in [1.54, 1.807) is 19.2 Å². The normalized spacial score (nSPS) is 10.9. The van der Waals surface area contributed by atoms with E-state index in [-0.39, 0.29) is 5.91 Å². The van der Waals surface area contributed by atoms with Crippen molar-refractivity contribution in [3.05, 3.63) is 89.2 Å². The molecule has 4 rings (SSSR count). The Morgan fingerprint density at radius 1 is 0.941 bits per heavy atom. The number of fused-ring (bicyclic) bond motifs is 1. The number of aromatic nitrogens is 2. The van der Waals surface area contributed by atoms with Gasteiger partial charge in [0.15, 0.2) is 0 Å². The van der Waals surface area contributed by atoms with Crippen molar-refractivity contribution in [1.29, 1.82) is 0 Å². The number of imidazole rings is 1. The number of nitrogens with one attached hydrogen (secondary N) is 1. The highest BCUT2D eigenvalue weighted by Crippen LogP contribution is 2.19. The minimum Gasteiger partial charge on any atom is -0.497 e. The molecule has 0 atom stereocenters. The predicted molar refractivity (Wildman–Crippen MR) is 135 cm³/mol. The number of hydrogen-bond acceptors (Lipinski definition) is 4. The van der Waals surface area contributed by atoms with Gasteiger partial charge in [0.1, 0.15) is 17.3 Å². The van der Waals surface area contributed by atoms with Gasteiger partial charge in [-0.3, -0.25) is 4.79 Å². The average Bonchev–Trinajstić information content (AvgIpc) is 3.19. The Morgan fingerprint density at radius 3 is 2.53 bits per heavy atom. The van der Waals surface area contributed by atoms with Crippen LogP contribution in [-0.2, 0) is 13.1 Å². The highest BCUT2D eigenvalue weighted by atomic mass is 16.5. The molecule has 0 unspecified atom stereocenters. The summed E-state index contributed by atoms with van der Waals surface area (Å²) in [6.45, 7) is 5.99. The maximum absolute atomic E-state index is 12.7. The third kappa shape index (κ3) is 5.76. The number of para-hydroxylation sites is 2. The Hall–Kier alpha value is -3.80. The Labute approximate surface area is 200 Å². The summed E-state index contributed by atoms with van der Waals surface area (Å²) in [6.07, 6.45) is 1.87. The summed E-state index contributed by atoms with van der Waals surface area (Å²) in [5, 5.41) is 3.00. The summed E-state index contributed by atoms with van der Waals surface area (Å²) >= 11 is 0. The van der Waals surface area contributed by atoms with Crippen molar-refractivity contribution in [3.63, 3.8) is 0 Å². The molecule has 0 bridgehead atoms. The number of carbonyl (C=O) groups is 1. The molecule has 176 valence electrons. The van der Waals surface area contributed by atoms with E-state index in [2.05, 4.69) is 48.0 Å². The third-order valence-corrected chi connectivity index (χ3v) is 5.71. The molecule has 0 aliphatic heterocycles. The van der Waals surface area contributed by atoms with Crippen LogP contribution in [0.2, 0.25) is 0 Å². The van der Waals surface area contributed by atoms with Crippen LogP contribution < -0.4 is 14.8 Å². The van der Waals surface area contributed by atoms with Gasteiger partial charge in [-0.1, -0.05) is 24.3 Å². The van der Waals surface area contributed by atoms with Crippen molar-refractivity contribution in [2.24, 2.45) is 0 Å². The fourth-order valence-corrected chi connectivity index (χ4v) is 4.11. The van der Waals surface area contributed by atoms with Gasteiger partial charge in [-0.25, -0.2) is 4.98 Å². The highest BCUT2D eigenvalue weighted by Gasteiger charge is 2.13. The van der Waals surface area contributed by atoms with E-state index in [0.29, 0.717) is 24.5 Å². The quantitative estimate of drug-likeness (QED) is 0.322. The Balaban J connectivity index is 1.38. The van der Waals surface area contributed by atoms with Gasteiger partial charge in [0.2, 0.25) is 0 Å². The average molecular weight is 458 g/mol. The van der Waals surface area contributed by atoms with Crippen LogP contribution in [0.5, 0.6) is 11.5 Å². The number of hydrogen-bond donors (Lipinski definition) is 1. The summed E-state index contributed by atoms with van der Waals surface area (Å²) < 4.78 is 13.4. The molecule has 6 nitrogen and oxygen atoms in total. The summed E-state index contributed by atoms with van der Waals surface area (Å²) in [5.74, 6) is 2.27. The molecular formula is C28H31N3O3. The van der Waals surface area contributed by atoms with E-state index in [9.17, 15) is 4.79 Å². The minimum absolute atomic E-state index is 0.153. The summed E-state index contributed by atoms with van der Waals surface area (Å²) in [4.78, 5) is 17.4. The molecule has 0 fully saturated rings. The van der Waals surface area contributed by atoms with E-state index in [1.807, 2.05) is 30.3 Å². The zero-order chi connectivity index (χ0) is 23.9. The van der Waals surface area contributed by atoms with Crippen LogP contribution in [0, 0.1) is 13.8 Å². The zero-order valence-electron chi connectivity index (χ0n) is 20.0. The standard InChI is InChI=1S/C28H31N3O3/c1-20-15-21(2)17-24(16-20)34-14-7-6-13-31-26-12-5-4-11-25(26)30-27(31)19-29-28(32)22-9-8-10-23(18-22)33-3/h4-5,8-12,15-18H,6-7,13-14,19H2,1-3H3,(H,29,32). The molecule has 34 heavy (non-hydrogen) atoms. The van der Waals surface area contributed by atoms with E-state index >= 15 is 0 Å². The summed E-state index contributed by atoms with van der Waals surface area (Å²) in [7, 11) is 1.59. The third-order valence-electron chi connectivity index (χ3n) is 5.71. The Bertz CT molecular complexity index is 1260. The van der Waals surface area contributed by atoms with E-state index < -0.39 is 0 Å². The van der Waals surface area contributed by atoms with E-state index in [4.69, 9.17) is 14.5 Å². The van der Waals surface area contributed by atoms with E-state index in [0.717, 1.165) is 42.0 Å². The first kappa shape index (κ1) is 23.4. The molecule has 0 saturated heterocycles. The molecule has 1 aromatic heterocycles. The lowest BCUT2D eigenvalue weighted by Crippen LogP contribution is -2.24. The summed E-state index contributed by atoms with van der Waals surface area (Å²) in [5.41, 5.74) is 4.98. The molecule has 6 heteroatoms. The summed E-state index contributed by atoms with van der Waals surface area (Å²) in [6, 6.07) is 21.5. The van der Waals surface area contributed by atoms with Crippen molar-refractivity contribution in [2.75, 3.05) is 13.7 Å². The number of nitrogens with zero attached hydrogens (tertiary/aromatic N) is 2.